The highest BCUT2D eigenvalue weighted by atomic mass is 35.5. The molecule has 0 fully saturated rings. The Morgan fingerprint density at radius 3 is 2.93 bits per heavy atom. The SMILES string of the molecule is C#CCCON=[C]c1ccccc1Cl. The Kier molecular flexibility index (Phi) is 4.60. The largest absolute Gasteiger partial charge is 0.394 e. The van der Waals surface area contributed by atoms with Crippen LogP contribution < -0.4 is 0 Å². The van der Waals surface area contributed by atoms with Crippen molar-refractivity contribution in [1.29, 1.82) is 0 Å². The van der Waals surface area contributed by atoms with Gasteiger partial charge in [0.25, 0.3) is 0 Å². The summed E-state index contributed by atoms with van der Waals surface area (Å²) in [6.45, 7) is 0.397. The number of hydrogen-bond acceptors (Lipinski definition) is 2. The van der Waals surface area contributed by atoms with E-state index in [1.807, 2.05) is 12.1 Å². The van der Waals surface area contributed by atoms with Crippen molar-refractivity contribution in [2.75, 3.05) is 6.61 Å². The quantitative estimate of drug-likeness (QED) is 0.321. The third-order valence-electron chi connectivity index (χ3n) is 1.44. The maximum Gasteiger partial charge on any atom is 0.141 e. The Morgan fingerprint density at radius 1 is 1.43 bits per heavy atom. The average molecular weight is 207 g/mol. The molecule has 0 aliphatic rings. The summed E-state index contributed by atoms with van der Waals surface area (Å²) in [4.78, 5) is 4.85. The Morgan fingerprint density at radius 2 is 2.21 bits per heavy atom. The Balaban J connectivity index is 2.45. The molecule has 71 valence electrons. The van der Waals surface area contributed by atoms with Crippen LogP contribution in [-0.2, 0) is 4.84 Å². The summed E-state index contributed by atoms with van der Waals surface area (Å²) in [5.41, 5.74) is 0.704. The third kappa shape index (κ3) is 3.51. The van der Waals surface area contributed by atoms with E-state index >= 15 is 0 Å². The van der Waals surface area contributed by atoms with Crippen molar-refractivity contribution in [3.05, 3.63) is 34.9 Å². The van der Waals surface area contributed by atoms with Crippen molar-refractivity contribution in [1.82, 2.24) is 0 Å². The van der Waals surface area contributed by atoms with Crippen LogP contribution in [0.2, 0.25) is 5.02 Å². The standard InChI is InChI=1S/C11H9ClNO/c1-2-3-8-14-13-9-10-6-4-5-7-11(10)12/h1,4-7H,3,8H2. The van der Waals surface area contributed by atoms with Gasteiger partial charge in [-0.3, -0.25) is 0 Å². The molecule has 0 N–H and O–H groups in total. The maximum absolute atomic E-state index is 5.85. The summed E-state index contributed by atoms with van der Waals surface area (Å²) < 4.78 is 0. The number of nitrogens with zero attached hydrogens (tertiary/aromatic N) is 1. The monoisotopic (exact) mass is 206 g/mol. The summed E-state index contributed by atoms with van der Waals surface area (Å²) in [6.07, 6.45) is 8.24. The van der Waals surface area contributed by atoms with Gasteiger partial charge in [0.2, 0.25) is 0 Å². The predicted octanol–water partition coefficient (Wildman–Crippen LogP) is 2.59. The van der Waals surface area contributed by atoms with E-state index in [9.17, 15) is 0 Å². The second-order valence-corrected chi connectivity index (χ2v) is 2.88. The zero-order chi connectivity index (χ0) is 10.2. The molecule has 0 aliphatic heterocycles. The molecule has 1 aromatic rings. The second kappa shape index (κ2) is 6.06. The highest BCUT2D eigenvalue weighted by Crippen LogP contribution is 2.12. The number of rotatable bonds is 4. The molecular weight excluding hydrogens is 198 g/mol. The van der Waals surface area contributed by atoms with Gasteiger partial charge in [0.05, 0.1) is 5.02 Å². The summed E-state index contributed by atoms with van der Waals surface area (Å²) in [5, 5.41) is 4.20. The topological polar surface area (TPSA) is 21.6 Å². The molecule has 1 aromatic carbocycles. The van der Waals surface area contributed by atoms with Crippen LogP contribution in [0.1, 0.15) is 12.0 Å². The van der Waals surface area contributed by atoms with Crippen LogP contribution in [-0.4, -0.2) is 12.8 Å². The van der Waals surface area contributed by atoms with E-state index in [0.29, 0.717) is 23.6 Å². The van der Waals surface area contributed by atoms with E-state index in [-0.39, 0.29) is 0 Å². The molecule has 2 nitrogen and oxygen atoms in total. The summed E-state index contributed by atoms with van der Waals surface area (Å²) >= 11 is 5.85. The van der Waals surface area contributed by atoms with Gasteiger partial charge in [-0.2, -0.15) is 0 Å². The number of terminal acetylenes is 1. The minimum atomic E-state index is 0.397. The maximum atomic E-state index is 5.85. The molecule has 0 heterocycles. The highest BCUT2D eigenvalue weighted by molar-refractivity contribution is 6.33. The molecule has 1 rings (SSSR count). The van der Waals surface area contributed by atoms with Crippen LogP contribution in [0.3, 0.4) is 0 Å². The van der Waals surface area contributed by atoms with Crippen LogP contribution in [0.4, 0.5) is 0 Å². The normalized spacial score (nSPS) is 10.0. The number of hydrogen-bond donors (Lipinski definition) is 0. The van der Waals surface area contributed by atoms with Gasteiger partial charge in [0.1, 0.15) is 12.8 Å². The lowest BCUT2D eigenvalue weighted by Crippen LogP contribution is -1.87. The van der Waals surface area contributed by atoms with Crippen LogP contribution in [0, 0.1) is 12.3 Å². The third-order valence-corrected chi connectivity index (χ3v) is 1.77. The Labute approximate surface area is 88.5 Å². The fourth-order valence-electron chi connectivity index (χ4n) is 0.784. The van der Waals surface area contributed by atoms with Crippen molar-refractivity contribution in [2.24, 2.45) is 5.16 Å². The lowest BCUT2D eigenvalue weighted by Gasteiger charge is -1.95. The number of benzene rings is 1. The van der Waals surface area contributed by atoms with Crippen LogP contribution in [0.25, 0.3) is 0 Å². The minimum Gasteiger partial charge on any atom is -0.394 e. The molecule has 0 bridgehead atoms. The van der Waals surface area contributed by atoms with E-state index in [2.05, 4.69) is 17.3 Å². The lowest BCUT2D eigenvalue weighted by atomic mass is 10.2. The zero-order valence-corrected chi connectivity index (χ0v) is 8.29. The molecule has 0 aliphatic carbocycles. The second-order valence-electron chi connectivity index (χ2n) is 2.47. The molecule has 0 saturated heterocycles. The van der Waals surface area contributed by atoms with Gasteiger partial charge < -0.3 is 4.84 Å². The van der Waals surface area contributed by atoms with E-state index in [0.717, 1.165) is 0 Å². The molecule has 14 heavy (non-hydrogen) atoms. The van der Waals surface area contributed by atoms with Gasteiger partial charge in [-0.25, -0.2) is 0 Å². The van der Waals surface area contributed by atoms with E-state index < -0.39 is 0 Å². The van der Waals surface area contributed by atoms with Crippen molar-refractivity contribution < 1.29 is 4.84 Å². The van der Waals surface area contributed by atoms with Gasteiger partial charge >= 0.3 is 0 Å². The highest BCUT2D eigenvalue weighted by Gasteiger charge is 1.94. The zero-order valence-electron chi connectivity index (χ0n) is 7.53. The van der Waals surface area contributed by atoms with Gasteiger partial charge in [-0.1, -0.05) is 35.0 Å². The lowest BCUT2D eigenvalue weighted by molar-refractivity contribution is 0.152. The van der Waals surface area contributed by atoms with Crippen molar-refractivity contribution >= 4 is 17.8 Å². The summed E-state index contributed by atoms with van der Waals surface area (Å²) in [5.74, 6) is 2.44. The molecule has 1 radical (unpaired) electrons. The first-order chi connectivity index (χ1) is 6.84. The summed E-state index contributed by atoms with van der Waals surface area (Å²) in [7, 11) is 0. The average Bonchev–Trinajstić information content (AvgIpc) is 2.20. The molecule has 0 amide bonds. The Bertz CT molecular complexity index is 355. The molecule has 0 aromatic heterocycles. The van der Waals surface area contributed by atoms with Crippen molar-refractivity contribution in [2.45, 2.75) is 6.42 Å². The first-order valence-corrected chi connectivity index (χ1v) is 4.48. The van der Waals surface area contributed by atoms with Gasteiger partial charge in [-0.05, 0) is 6.07 Å². The Hall–Kier alpha value is -1.46. The van der Waals surface area contributed by atoms with Crippen molar-refractivity contribution in [3.8, 4) is 12.3 Å². The molecule has 0 spiro atoms. The smallest absolute Gasteiger partial charge is 0.141 e. The molecule has 0 saturated carbocycles. The van der Waals surface area contributed by atoms with Crippen LogP contribution >= 0.6 is 11.6 Å². The van der Waals surface area contributed by atoms with E-state index in [4.69, 9.17) is 22.9 Å². The van der Waals surface area contributed by atoms with E-state index in [1.165, 1.54) is 0 Å². The minimum absolute atomic E-state index is 0.397. The molecular formula is C11H9ClNO. The fraction of sp³-hybridized carbons (Fsp3) is 0.182. The van der Waals surface area contributed by atoms with Gasteiger partial charge in [-0.15, -0.1) is 12.3 Å². The van der Waals surface area contributed by atoms with Crippen molar-refractivity contribution in [3.63, 3.8) is 0 Å². The molecule has 0 unspecified atom stereocenters. The molecule has 0 atom stereocenters. The molecule has 3 heteroatoms. The van der Waals surface area contributed by atoms with Crippen LogP contribution in [0.5, 0.6) is 0 Å². The first kappa shape index (κ1) is 10.6. The first-order valence-electron chi connectivity index (χ1n) is 4.10. The van der Waals surface area contributed by atoms with Gasteiger partial charge in [0, 0.05) is 12.0 Å². The van der Waals surface area contributed by atoms with Gasteiger partial charge in [0.15, 0.2) is 0 Å². The van der Waals surface area contributed by atoms with Crippen LogP contribution in [0.15, 0.2) is 29.4 Å². The summed E-state index contributed by atoms with van der Waals surface area (Å²) in [6, 6.07) is 7.26. The predicted molar refractivity (Wildman–Crippen MR) is 57.4 cm³/mol. The van der Waals surface area contributed by atoms with E-state index in [1.54, 1.807) is 12.1 Å². The number of halogens is 1. The fourth-order valence-corrected chi connectivity index (χ4v) is 0.962.